The van der Waals surface area contributed by atoms with Crippen molar-refractivity contribution >= 4 is 28.7 Å². The van der Waals surface area contributed by atoms with Gasteiger partial charge in [-0.3, -0.25) is 9.00 Å². The predicted octanol–water partition coefficient (Wildman–Crippen LogP) is -1.62. The molecule has 0 fully saturated rings. The van der Waals surface area contributed by atoms with Gasteiger partial charge in [0.25, 0.3) is 0 Å². The molecule has 0 bridgehead atoms. The van der Waals surface area contributed by atoms with Crippen molar-refractivity contribution in [3.05, 3.63) is 0 Å². The molecule has 5 N–H and O–H groups in total. The van der Waals surface area contributed by atoms with Crippen LogP contribution in [0.1, 0.15) is 13.3 Å². The van der Waals surface area contributed by atoms with Crippen molar-refractivity contribution in [1.82, 2.24) is 10.6 Å². The summed E-state index contributed by atoms with van der Waals surface area (Å²) in [6, 6.07) is -2.50. The molecular weight excluding hydrogens is 262 g/mol. The Labute approximate surface area is 107 Å². The zero-order valence-electron chi connectivity index (χ0n) is 10.1. The van der Waals surface area contributed by atoms with Crippen molar-refractivity contribution in [2.75, 3.05) is 12.0 Å². The molecule has 0 aliphatic carbocycles. The fourth-order valence-electron chi connectivity index (χ4n) is 1.22. The van der Waals surface area contributed by atoms with E-state index < -0.39 is 41.2 Å². The Balaban J connectivity index is 4.29. The Kier molecular flexibility index (Phi) is 6.94. The van der Waals surface area contributed by atoms with Crippen LogP contribution in [0.5, 0.6) is 0 Å². The molecule has 104 valence electrons. The van der Waals surface area contributed by atoms with Gasteiger partial charge in [-0.05, 0) is 6.92 Å². The lowest BCUT2D eigenvalue weighted by Gasteiger charge is -2.16. The summed E-state index contributed by atoms with van der Waals surface area (Å²) in [6.07, 6.45) is 1.00. The van der Waals surface area contributed by atoms with E-state index in [1.165, 1.54) is 6.26 Å². The smallest absolute Gasteiger partial charge is 0.326 e. The molecule has 0 radical (unpaired) electrons. The van der Waals surface area contributed by atoms with Crippen LogP contribution in [0.3, 0.4) is 0 Å². The molecule has 0 saturated carbocycles. The number of urea groups is 1. The Hall–Kier alpha value is -1.64. The second kappa shape index (κ2) is 7.64. The van der Waals surface area contributed by atoms with Gasteiger partial charge in [-0.2, -0.15) is 0 Å². The molecule has 3 amide bonds. The van der Waals surface area contributed by atoms with Crippen molar-refractivity contribution in [2.24, 2.45) is 5.73 Å². The molecule has 18 heavy (non-hydrogen) atoms. The van der Waals surface area contributed by atoms with Gasteiger partial charge >= 0.3 is 12.0 Å². The number of nitrogens with two attached hydrogens (primary N) is 1. The minimum Gasteiger partial charge on any atom is -0.480 e. The lowest BCUT2D eigenvalue weighted by atomic mass is 10.2. The molecule has 0 aliphatic heterocycles. The van der Waals surface area contributed by atoms with Crippen molar-refractivity contribution in [2.45, 2.75) is 25.4 Å². The highest BCUT2D eigenvalue weighted by atomic mass is 32.2. The number of hydrogen-bond donors (Lipinski definition) is 4. The topological polar surface area (TPSA) is 139 Å². The zero-order valence-corrected chi connectivity index (χ0v) is 11.0. The first kappa shape index (κ1) is 16.4. The highest BCUT2D eigenvalue weighted by molar-refractivity contribution is 7.84. The third-order valence-electron chi connectivity index (χ3n) is 1.87. The van der Waals surface area contributed by atoms with Gasteiger partial charge in [0, 0.05) is 28.9 Å². The summed E-state index contributed by atoms with van der Waals surface area (Å²) in [5.74, 6) is -1.93. The molecular formula is C9H17N3O5S. The van der Waals surface area contributed by atoms with Crippen LogP contribution in [0.25, 0.3) is 0 Å². The first-order valence-electron chi connectivity index (χ1n) is 5.10. The van der Waals surface area contributed by atoms with Crippen LogP contribution >= 0.6 is 0 Å². The van der Waals surface area contributed by atoms with Gasteiger partial charge in [-0.15, -0.1) is 0 Å². The third kappa shape index (κ3) is 7.60. The Morgan fingerprint density at radius 3 is 2.28 bits per heavy atom. The van der Waals surface area contributed by atoms with E-state index in [0.29, 0.717) is 0 Å². The molecule has 8 nitrogen and oxygen atoms in total. The fourth-order valence-corrected chi connectivity index (χ4v) is 2.01. The first-order chi connectivity index (χ1) is 8.22. The van der Waals surface area contributed by atoms with Gasteiger partial charge in [-0.25, -0.2) is 9.59 Å². The van der Waals surface area contributed by atoms with Crippen molar-refractivity contribution in [1.29, 1.82) is 0 Å². The van der Waals surface area contributed by atoms with E-state index in [4.69, 9.17) is 10.8 Å². The summed E-state index contributed by atoms with van der Waals surface area (Å²) in [5.41, 5.74) is 4.86. The number of rotatable bonds is 7. The van der Waals surface area contributed by atoms with Crippen molar-refractivity contribution in [3.63, 3.8) is 0 Å². The average molecular weight is 279 g/mol. The number of carbonyl (C=O) groups excluding carboxylic acids is 2. The molecule has 0 spiro atoms. The normalized spacial score (nSPS) is 15.2. The van der Waals surface area contributed by atoms with Gasteiger partial charge in [0.1, 0.15) is 6.04 Å². The quantitative estimate of drug-likeness (QED) is 0.443. The molecule has 0 aromatic heterocycles. The number of primary amides is 1. The number of hydrogen-bond acceptors (Lipinski definition) is 4. The van der Waals surface area contributed by atoms with Crippen LogP contribution in [-0.2, 0) is 20.4 Å². The lowest BCUT2D eigenvalue weighted by Crippen LogP contribution is -2.50. The van der Waals surface area contributed by atoms with Crippen molar-refractivity contribution in [3.8, 4) is 0 Å². The zero-order chi connectivity index (χ0) is 14.3. The van der Waals surface area contributed by atoms with Crippen LogP contribution < -0.4 is 16.4 Å². The summed E-state index contributed by atoms with van der Waals surface area (Å²) in [5, 5.41) is 13.3. The highest BCUT2D eigenvalue weighted by Crippen LogP contribution is 1.93. The number of carbonyl (C=O) groups is 3. The molecule has 0 aromatic rings. The Bertz CT molecular complexity index is 360. The summed E-state index contributed by atoms with van der Waals surface area (Å²) in [4.78, 5) is 32.7. The van der Waals surface area contributed by atoms with Crippen LogP contribution in [0, 0.1) is 0 Å². The Morgan fingerprint density at radius 1 is 1.33 bits per heavy atom. The lowest BCUT2D eigenvalue weighted by molar-refractivity contribution is -0.140. The van der Waals surface area contributed by atoms with Crippen LogP contribution in [0.4, 0.5) is 4.79 Å². The van der Waals surface area contributed by atoms with E-state index in [1.54, 1.807) is 6.92 Å². The van der Waals surface area contributed by atoms with Gasteiger partial charge in [0.05, 0.1) is 6.42 Å². The summed E-state index contributed by atoms with van der Waals surface area (Å²) < 4.78 is 10.9. The van der Waals surface area contributed by atoms with Crippen molar-refractivity contribution < 1.29 is 23.7 Å². The molecule has 2 unspecified atom stereocenters. The maximum atomic E-state index is 11.4. The molecule has 0 aromatic carbocycles. The number of carboxylic acids is 1. The number of carboxylic acid groups (broad SMARTS) is 1. The Morgan fingerprint density at radius 2 is 1.89 bits per heavy atom. The maximum Gasteiger partial charge on any atom is 0.326 e. The van der Waals surface area contributed by atoms with E-state index in [9.17, 15) is 18.6 Å². The number of nitrogens with one attached hydrogen (secondary N) is 2. The van der Waals surface area contributed by atoms with Gasteiger partial charge in [0.2, 0.25) is 5.91 Å². The molecule has 3 atom stereocenters. The molecule has 0 aliphatic rings. The van der Waals surface area contributed by atoms with E-state index in [-0.39, 0.29) is 11.8 Å². The predicted molar refractivity (Wildman–Crippen MR) is 65.3 cm³/mol. The minimum absolute atomic E-state index is 0.251. The number of amides is 3. The third-order valence-corrected chi connectivity index (χ3v) is 2.84. The summed E-state index contributed by atoms with van der Waals surface area (Å²) in [6.45, 7) is 1.63. The number of aliphatic carboxylic acids is 1. The second-order valence-corrected chi connectivity index (χ2v) is 5.30. The van der Waals surface area contributed by atoms with Gasteiger partial charge in [-0.1, -0.05) is 0 Å². The monoisotopic (exact) mass is 279 g/mol. The highest BCUT2D eigenvalue weighted by Gasteiger charge is 2.22. The minimum atomic E-state index is -1.37. The molecule has 0 heterocycles. The van der Waals surface area contributed by atoms with E-state index in [1.807, 2.05) is 0 Å². The molecule has 0 rings (SSSR count). The van der Waals surface area contributed by atoms with E-state index in [2.05, 4.69) is 10.6 Å². The van der Waals surface area contributed by atoms with Gasteiger partial charge < -0.3 is 21.5 Å². The molecule has 0 saturated heterocycles. The summed E-state index contributed by atoms with van der Waals surface area (Å²) in [7, 11) is -1.08. The maximum absolute atomic E-state index is 11.4. The average Bonchev–Trinajstić information content (AvgIpc) is 2.13. The van der Waals surface area contributed by atoms with Crippen LogP contribution in [0.15, 0.2) is 0 Å². The van der Waals surface area contributed by atoms with Crippen LogP contribution in [-0.4, -0.2) is 51.3 Å². The fraction of sp³-hybridized carbons (Fsp3) is 0.667. The van der Waals surface area contributed by atoms with Gasteiger partial charge in [0.15, 0.2) is 0 Å². The van der Waals surface area contributed by atoms with E-state index in [0.717, 1.165) is 0 Å². The van der Waals surface area contributed by atoms with E-state index >= 15 is 0 Å². The standard InChI is InChI=1S/C9H17N3O5S/c1-5(4-18(2)17)11-9(16)12-6(8(14)15)3-7(10)13/h5-6H,3-4H2,1-2H3,(H2,10,13)(H,14,15)(H2,11,12,16)/t5?,6-,18?/m0/s1. The van der Waals surface area contributed by atoms with Crippen LogP contribution in [0.2, 0.25) is 0 Å². The first-order valence-corrected chi connectivity index (χ1v) is 6.83. The second-order valence-electron chi connectivity index (χ2n) is 3.82. The molecule has 9 heteroatoms. The SMILES string of the molecule is CC(CS(C)=O)NC(=O)N[C@@H](CC(N)=O)C(=O)O. The summed E-state index contributed by atoms with van der Waals surface area (Å²) >= 11 is 0. The largest absolute Gasteiger partial charge is 0.480 e.